The summed E-state index contributed by atoms with van der Waals surface area (Å²) in [5.41, 5.74) is 3.72. The van der Waals surface area contributed by atoms with Gasteiger partial charge in [-0.15, -0.1) is 0 Å². The molecule has 0 unspecified atom stereocenters. The zero-order chi connectivity index (χ0) is 10.8. The van der Waals surface area contributed by atoms with Crippen LogP contribution in [-0.2, 0) is 13.0 Å². The topological polar surface area (TPSA) is 3.24 Å². The SMILES string of the molecule is Cc1ccc2c(c1)CN(CC(F)F)CC2. The highest BCUT2D eigenvalue weighted by molar-refractivity contribution is 5.33. The van der Waals surface area contributed by atoms with E-state index in [2.05, 4.69) is 18.2 Å². The number of halogens is 2. The second kappa shape index (κ2) is 4.27. The molecule has 1 aromatic carbocycles. The molecule has 0 bridgehead atoms. The van der Waals surface area contributed by atoms with Crippen molar-refractivity contribution in [3.05, 3.63) is 34.9 Å². The van der Waals surface area contributed by atoms with Crippen molar-refractivity contribution in [2.45, 2.75) is 26.3 Å². The lowest BCUT2D eigenvalue weighted by atomic mass is 9.98. The average molecular weight is 211 g/mol. The second-order valence-electron chi connectivity index (χ2n) is 4.15. The van der Waals surface area contributed by atoms with Crippen LogP contribution < -0.4 is 0 Å². The number of fused-ring (bicyclic) bond motifs is 1. The highest BCUT2D eigenvalue weighted by Gasteiger charge is 2.18. The van der Waals surface area contributed by atoms with Gasteiger partial charge in [0.2, 0.25) is 0 Å². The molecule has 0 fully saturated rings. The van der Waals surface area contributed by atoms with Crippen LogP contribution in [0.1, 0.15) is 16.7 Å². The first kappa shape index (κ1) is 10.6. The predicted octanol–water partition coefficient (Wildman–Crippen LogP) is 2.62. The third-order valence-electron chi connectivity index (χ3n) is 2.85. The van der Waals surface area contributed by atoms with Gasteiger partial charge in [0.05, 0.1) is 6.54 Å². The van der Waals surface area contributed by atoms with Crippen molar-refractivity contribution in [2.24, 2.45) is 0 Å². The van der Waals surface area contributed by atoms with Crippen LogP contribution >= 0.6 is 0 Å². The highest BCUT2D eigenvalue weighted by atomic mass is 19.3. The number of hydrogen-bond acceptors (Lipinski definition) is 1. The van der Waals surface area contributed by atoms with Crippen LogP contribution in [0.4, 0.5) is 8.78 Å². The molecule has 0 N–H and O–H groups in total. The van der Waals surface area contributed by atoms with Crippen LogP contribution in [-0.4, -0.2) is 24.4 Å². The summed E-state index contributed by atoms with van der Waals surface area (Å²) in [4.78, 5) is 1.83. The Morgan fingerprint density at radius 2 is 2.13 bits per heavy atom. The minimum atomic E-state index is -2.23. The molecule has 0 saturated heterocycles. The third kappa shape index (κ3) is 2.53. The standard InChI is InChI=1S/C12H15F2N/c1-9-2-3-10-4-5-15(8-12(13)14)7-11(10)6-9/h2-3,6,12H,4-5,7-8H2,1H3. The zero-order valence-electron chi connectivity index (χ0n) is 8.84. The van der Waals surface area contributed by atoms with Gasteiger partial charge in [-0.05, 0) is 24.5 Å². The number of alkyl halides is 2. The van der Waals surface area contributed by atoms with Crippen LogP contribution in [0, 0.1) is 6.92 Å². The van der Waals surface area contributed by atoms with Gasteiger partial charge >= 0.3 is 0 Å². The van der Waals surface area contributed by atoms with E-state index in [1.54, 1.807) is 0 Å². The van der Waals surface area contributed by atoms with Crippen molar-refractivity contribution in [1.29, 1.82) is 0 Å². The van der Waals surface area contributed by atoms with E-state index in [0.717, 1.165) is 13.0 Å². The Morgan fingerprint density at radius 3 is 2.87 bits per heavy atom. The Morgan fingerprint density at radius 1 is 1.33 bits per heavy atom. The molecule has 1 heterocycles. The molecule has 0 atom stereocenters. The first-order valence-corrected chi connectivity index (χ1v) is 5.24. The van der Waals surface area contributed by atoms with Gasteiger partial charge in [0.15, 0.2) is 0 Å². The van der Waals surface area contributed by atoms with E-state index in [0.29, 0.717) is 6.54 Å². The van der Waals surface area contributed by atoms with Gasteiger partial charge in [0, 0.05) is 13.1 Å². The van der Waals surface area contributed by atoms with Gasteiger partial charge in [-0.1, -0.05) is 23.8 Å². The lowest BCUT2D eigenvalue weighted by Crippen LogP contribution is -2.34. The quantitative estimate of drug-likeness (QED) is 0.726. The van der Waals surface area contributed by atoms with Crippen LogP contribution in [0.15, 0.2) is 18.2 Å². The van der Waals surface area contributed by atoms with Crippen LogP contribution in [0.5, 0.6) is 0 Å². The molecule has 0 saturated carbocycles. The molecule has 15 heavy (non-hydrogen) atoms. The van der Waals surface area contributed by atoms with E-state index in [-0.39, 0.29) is 6.54 Å². The Balaban J connectivity index is 2.11. The third-order valence-corrected chi connectivity index (χ3v) is 2.85. The molecule has 0 aliphatic carbocycles. The molecule has 2 rings (SSSR count). The second-order valence-corrected chi connectivity index (χ2v) is 4.15. The van der Waals surface area contributed by atoms with Crippen molar-refractivity contribution in [3.63, 3.8) is 0 Å². The van der Waals surface area contributed by atoms with Crippen LogP contribution in [0.2, 0.25) is 0 Å². The average Bonchev–Trinajstić information content (AvgIpc) is 2.16. The maximum atomic E-state index is 12.2. The fourth-order valence-electron chi connectivity index (χ4n) is 2.10. The molecule has 0 amide bonds. The highest BCUT2D eigenvalue weighted by Crippen LogP contribution is 2.20. The van der Waals surface area contributed by atoms with Gasteiger partial charge in [-0.25, -0.2) is 8.78 Å². The summed E-state index contributed by atoms with van der Waals surface area (Å²) >= 11 is 0. The van der Waals surface area contributed by atoms with E-state index in [4.69, 9.17) is 0 Å². The molecule has 0 aromatic heterocycles. The minimum absolute atomic E-state index is 0.104. The summed E-state index contributed by atoms with van der Waals surface area (Å²) in [6.45, 7) is 3.35. The first-order valence-electron chi connectivity index (χ1n) is 5.24. The Labute approximate surface area is 88.7 Å². The molecular formula is C12H15F2N. The fourth-order valence-corrected chi connectivity index (χ4v) is 2.10. The molecule has 1 nitrogen and oxygen atoms in total. The summed E-state index contributed by atoms with van der Waals surface area (Å²) in [6, 6.07) is 6.30. The smallest absolute Gasteiger partial charge is 0.251 e. The van der Waals surface area contributed by atoms with Gasteiger partial charge < -0.3 is 0 Å². The predicted molar refractivity (Wildman–Crippen MR) is 56.2 cm³/mol. The van der Waals surface area contributed by atoms with Gasteiger partial charge in [-0.2, -0.15) is 0 Å². The van der Waals surface area contributed by atoms with Gasteiger partial charge in [-0.3, -0.25) is 4.90 Å². The van der Waals surface area contributed by atoms with Crippen molar-refractivity contribution in [2.75, 3.05) is 13.1 Å². The van der Waals surface area contributed by atoms with E-state index < -0.39 is 6.43 Å². The summed E-state index contributed by atoms with van der Waals surface area (Å²) < 4.78 is 24.5. The summed E-state index contributed by atoms with van der Waals surface area (Å²) in [7, 11) is 0. The summed E-state index contributed by atoms with van der Waals surface area (Å²) in [6.07, 6.45) is -1.33. The van der Waals surface area contributed by atoms with Crippen LogP contribution in [0.25, 0.3) is 0 Å². The molecular weight excluding hydrogens is 196 g/mol. The molecule has 0 spiro atoms. The Bertz CT molecular complexity index is 349. The number of aryl methyl sites for hydroxylation is 1. The monoisotopic (exact) mass is 211 g/mol. The van der Waals surface area contributed by atoms with E-state index in [1.807, 2.05) is 11.8 Å². The first-order chi connectivity index (χ1) is 7.15. The molecule has 1 aromatic rings. The number of rotatable bonds is 2. The maximum absolute atomic E-state index is 12.2. The van der Waals surface area contributed by atoms with Crippen molar-refractivity contribution < 1.29 is 8.78 Å². The lowest BCUT2D eigenvalue weighted by Gasteiger charge is -2.28. The number of nitrogens with zero attached hydrogens (tertiary/aromatic N) is 1. The largest absolute Gasteiger partial charge is 0.293 e. The van der Waals surface area contributed by atoms with Crippen molar-refractivity contribution in [3.8, 4) is 0 Å². The summed E-state index contributed by atoms with van der Waals surface area (Å²) in [5, 5.41) is 0. The molecule has 1 aliphatic heterocycles. The molecule has 3 heteroatoms. The maximum Gasteiger partial charge on any atom is 0.251 e. The normalized spacial score (nSPS) is 16.8. The Kier molecular flexibility index (Phi) is 3.00. The van der Waals surface area contributed by atoms with Gasteiger partial charge in [0.25, 0.3) is 6.43 Å². The van der Waals surface area contributed by atoms with E-state index in [9.17, 15) is 8.78 Å². The number of hydrogen-bond donors (Lipinski definition) is 0. The summed E-state index contributed by atoms with van der Waals surface area (Å²) in [5.74, 6) is 0. The fraction of sp³-hybridized carbons (Fsp3) is 0.500. The van der Waals surface area contributed by atoms with Crippen LogP contribution in [0.3, 0.4) is 0 Å². The molecule has 1 aliphatic rings. The van der Waals surface area contributed by atoms with E-state index >= 15 is 0 Å². The minimum Gasteiger partial charge on any atom is -0.293 e. The van der Waals surface area contributed by atoms with Gasteiger partial charge in [0.1, 0.15) is 0 Å². The van der Waals surface area contributed by atoms with E-state index in [1.165, 1.54) is 16.7 Å². The lowest BCUT2D eigenvalue weighted by molar-refractivity contribution is 0.0820. The van der Waals surface area contributed by atoms with Crippen molar-refractivity contribution >= 4 is 0 Å². The number of benzene rings is 1. The van der Waals surface area contributed by atoms with Crippen molar-refractivity contribution in [1.82, 2.24) is 4.90 Å². The molecule has 82 valence electrons. The Hall–Kier alpha value is -0.960. The zero-order valence-corrected chi connectivity index (χ0v) is 8.84. The molecule has 0 radical (unpaired) electrons.